The highest BCUT2D eigenvalue weighted by atomic mass is 19.4. The fraction of sp³-hybridized carbons (Fsp3) is 0.346. The third-order valence-electron chi connectivity index (χ3n) is 6.32. The van der Waals surface area contributed by atoms with E-state index in [0.717, 1.165) is 41.6 Å². The molecule has 3 heterocycles. The van der Waals surface area contributed by atoms with Gasteiger partial charge in [-0.25, -0.2) is 19.9 Å². The number of hydrogen-bond donors (Lipinski definition) is 0. The molecule has 0 amide bonds. The number of hydrogen-bond acceptors (Lipinski definition) is 7. The van der Waals surface area contributed by atoms with Gasteiger partial charge in [0.15, 0.2) is 11.5 Å². The summed E-state index contributed by atoms with van der Waals surface area (Å²) in [6, 6.07) is 7.03. The highest BCUT2D eigenvalue weighted by Crippen LogP contribution is 2.45. The molecule has 4 aromatic rings. The van der Waals surface area contributed by atoms with Crippen LogP contribution in [-0.2, 0) is 19.8 Å². The molecule has 5 rings (SSSR count). The number of benzene rings is 1. The van der Waals surface area contributed by atoms with Gasteiger partial charge in [-0.3, -0.25) is 0 Å². The third kappa shape index (κ3) is 4.98. The van der Waals surface area contributed by atoms with Crippen molar-refractivity contribution in [2.75, 3.05) is 7.11 Å². The second-order valence-electron chi connectivity index (χ2n) is 9.02. The molecule has 1 aliphatic rings. The molecule has 0 N–H and O–H groups in total. The minimum atomic E-state index is -4.49. The Kier molecular flexibility index (Phi) is 6.30. The first kappa shape index (κ1) is 24.7. The van der Waals surface area contributed by atoms with Crippen LogP contribution in [0, 0.1) is 13.8 Å². The number of methoxy groups -OCH3 is 1. The van der Waals surface area contributed by atoms with E-state index in [2.05, 4.69) is 24.9 Å². The Morgan fingerprint density at radius 1 is 1.00 bits per heavy atom. The second-order valence-corrected chi connectivity index (χ2v) is 9.02. The summed E-state index contributed by atoms with van der Waals surface area (Å²) in [6.07, 6.45) is 0.0738. The van der Waals surface area contributed by atoms with Gasteiger partial charge in [0.1, 0.15) is 24.3 Å². The number of nitrogens with zero attached hydrogens (tertiary/aromatic N) is 6. The van der Waals surface area contributed by atoms with Crippen LogP contribution in [0.3, 0.4) is 0 Å². The Morgan fingerprint density at radius 2 is 1.73 bits per heavy atom. The number of aromatic nitrogens is 6. The molecule has 1 aromatic carbocycles. The Morgan fingerprint density at radius 3 is 2.35 bits per heavy atom. The quantitative estimate of drug-likeness (QED) is 0.327. The van der Waals surface area contributed by atoms with Crippen LogP contribution in [-0.4, -0.2) is 36.6 Å². The lowest BCUT2D eigenvalue weighted by Crippen LogP contribution is -2.07. The molecule has 0 aliphatic heterocycles. The fourth-order valence-corrected chi connectivity index (χ4v) is 4.04. The highest BCUT2D eigenvalue weighted by Gasteiger charge is 2.34. The molecule has 8 nitrogen and oxygen atoms in total. The molecule has 0 radical (unpaired) electrons. The maximum atomic E-state index is 13.0. The van der Waals surface area contributed by atoms with Crippen molar-refractivity contribution in [3.8, 4) is 34.5 Å². The van der Waals surface area contributed by atoms with E-state index < -0.39 is 11.9 Å². The van der Waals surface area contributed by atoms with Gasteiger partial charge < -0.3 is 14.0 Å². The Labute approximate surface area is 211 Å². The molecule has 192 valence electrons. The molecular weight excluding hydrogens is 485 g/mol. The zero-order valence-electron chi connectivity index (χ0n) is 20.8. The van der Waals surface area contributed by atoms with Gasteiger partial charge in [0.25, 0.3) is 0 Å². The lowest BCUT2D eigenvalue weighted by Gasteiger charge is -2.15. The topological polar surface area (TPSA) is 87.8 Å². The first-order chi connectivity index (χ1) is 17.7. The van der Waals surface area contributed by atoms with Gasteiger partial charge in [-0.05, 0) is 32.3 Å². The van der Waals surface area contributed by atoms with E-state index in [4.69, 9.17) is 9.47 Å². The van der Waals surface area contributed by atoms with Crippen LogP contribution in [0.5, 0.6) is 11.8 Å². The van der Waals surface area contributed by atoms with Crippen LogP contribution < -0.4 is 9.47 Å². The van der Waals surface area contributed by atoms with E-state index >= 15 is 0 Å². The lowest BCUT2D eigenvalue weighted by molar-refractivity contribution is -0.140. The second kappa shape index (κ2) is 9.45. The minimum absolute atomic E-state index is 0.212. The molecule has 0 spiro atoms. The van der Waals surface area contributed by atoms with Crippen molar-refractivity contribution in [3.05, 3.63) is 65.0 Å². The highest BCUT2D eigenvalue weighted by molar-refractivity contribution is 5.66. The monoisotopic (exact) mass is 510 g/mol. The first-order valence-corrected chi connectivity index (χ1v) is 11.7. The number of aryl methyl sites for hydroxylation is 2. The van der Waals surface area contributed by atoms with Crippen LogP contribution in [0.1, 0.15) is 47.0 Å². The average Bonchev–Trinajstić information content (AvgIpc) is 3.65. The van der Waals surface area contributed by atoms with Gasteiger partial charge in [0.2, 0.25) is 11.8 Å². The van der Waals surface area contributed by atoms with Gasteiger partial charge in [0.05, 0.1) is 12.8 Å². The molecule has 0 unspecified atom stereocenters. The number of ether oxygens (including phenoxy) is 2. The van der Waals surface area contributed by atoms with E-state index in [1.54, 1.807) is 31.4 Å². The molecule has 3 aromatic heterocycles. The van der Waals surface area contributed by atoms with Crippen LogP contribution in [0.2, 0.25) is 0 Å². The molecule has 37 heavy (non-hydrogen) atoms. The average molecular weight is 511 g/mol. The van der Waals surface area contributed by atoms with E-state index in [1.807, 2.05) is 13.8 Å². The molecule has 1 aliphatic carbocycles. The summed E-state index contributed by atoms with van der Waals surface area (Å²) in [4.78, 5) is 21.8. The van der Waals surface area contributed by atoms with Crippen molar-refractivity contribution in [2.45, 2.75) is 45.4 Å². The zero-order chi connectivity index (χ0) is 26.3. The third-order valence-corrected chi connectivity index (χ3v) is 6.32. The van der Waals surface area contributed by atoms with Crippen molar-refractivity contribution in [2.24, 2.45) is 7.05 Å². The van der Waals surface area contributed by atoms with E-state index in [-0.39, 0.29) is 12.4 Å². The zero-order valence-corrected chi connectivity index (χ0v) is 20.8. The van der Waals surface area contributed by atoms with Gasteiger partial charge in [-0.15, -0.1) is 0 Å². The van der Waals surface area contributed by atoms with E-state index in [0.29, 0.717) is 34.6 Å². The maximum Gasteiger partial charge on any atom is 0.434 e. The number of alkyl halides is 3. The van der Waals surface area contributed by atoms with Crippen LogP contribution in [0.25, 0.3) is 22.8 Å². The van der Waals surface area contributed by atoms with Gasteiger partial charge >= 0.3 is 6.18 Å². The summed E-state index contributed by atoms with van der Waals surface area (Å²) in [7, 11) is 3.09. The predicted octanol–water partition coefficient (Wildman–Crippen LogP) is 5.43. The maximum absolute atomic E-state index is 13.0. The molecule has 0 atom stereocenters. The van der Waals surface area contributed by atoms with Crippen LogP contribution in [0.15, 0.2) is 36.8 Å². The standard InChI is InChI=1S/C26H25F3N6O2/c1-14-15(2)32-22(20-21(17-9-10-17)30-13-31-25(20)36-4)34-24(14)37-12-16-5-7-18(8-6-16)23-33-19(11-35(23)3)26(27,28)29/h5-8,11,13,17H,9-10,12H2,1-4H3. The minimum Gasteiger partial charge on any atom is -0.480 e. The largest absolute Gasteiger partial charge is 0.480 e. The first-order valence-electron chi connectivity index (χ1n) is 11.7. The smallest absolute Gasteiger partial charge is 0.434 e. The van der Waals surface area contributed by atoms with Crippen molar-refractivity contribution < 1.29 is 22.6 Å². The molecular formula is C26H25F3N6O2. The van der Waals surface area contributed by atoms with Crippen molar-refractivity contribution >= 4 is 0 Å². The normalized spacial score (nSPS) is 13.6. The Bertz CT molecular complexity index is 1450. The summed E-state index contributed by atoms with van der Waals surface area (Å²) in [5.74, 6) is 1.87. The SMILES string of the molecule is COc1ncnc(C2CC2)c1-c1nc(C)c(C)c(OCc2ccc(-c3nc(C(F)(F)F)cn3C)cc2)n1. The van der Waals surface area contributed by atoms with E-state index in [1.165, 1.54) is 17.9 Å². The van der Waals surface area contributed by atoms with Crippen LogP contribution in [0.4, 0.5) is 13.2 Å². The molecule has 11 heteroatoms. The molecule has 0 saturated heterocycles. The predicted molar refractivity (Wildman–Crippen MR) is 129 cm³/mol. The lowest BCUT2D eigenvalue weighted by atomic mass is 10.1. The van der Waals surface area contributed by atoms with E-state index in [9.17, 15) is 13.2 Å². The summed E-state index contributed by atoms with van der Waals surface area (Å²) in [6.45, 7) is 3.98. The molecule has 1 saturated carbocycles. The number of rotatable bonds is 7. The number of halogens is 3. The van der Waals surface area contributed by atoms with Crippen molar-refractivity contribution in [1.29, 1.82) is 0 Å². The van der Waals surface area contributed by atoms with Gasteiger partial charge in [0, 0.05) is 36.0 Å². The Balaban J connectivity index is 1.39. The summed E-state index contributed by atoms with van der Waals surface area (Å²) < 4.78 is 52.0. The number of imidazole rings is 1. The summed E-state index contributed by atoms with van der Waals surface area (Å²) in [5, 5.41) is 0. The summed E-state index contributed by atoms with van der Waals surface area (Å²) >= 11 is 0. The van der Waals surface area contributed by atoms with Gasteiger partial charge in [-0.2, -0.15) is 18.2 Å². The Hall–Kier alpha value is -4.02. The van der Waals surface area contributed by atoms with Crippen LogP contribution >= 0.6 is 0 Å². The van der Waals surface area contributed by atoms with Gasteiger partial charge in [-0.1, -0.05) is 24.3 Å². The van der Waals surface area contributed by atoms with Crippen molar-refractivity contribution in [3.63, 3.8) is 0 Å². The summed E-state index contributed by atoms with van der Waals surface area (Å²) in [5.41, 5.74) is 3.59. The molecule has 0 bridgehead atoms. The fourth-order valence-electron chi connectivity index (χ4n) is 4.04. The van der Waals surface area contributed by atoms with Crippen molar-refractivity contribution in [1.82, 2.24) is 29.5 Å². The molecule has 1 fully saturated rings.